The average molecular weight is 496 g/mol. The van der Waals surface area contributed by atoms with Crippen molar-refractivity contribution in [3.05, 3.63) is 83.9 Å². The summed E-state index contributed by atoms with van der Waals surface area (Å²) in [6.45, 7) is 4.49. The molecule has 0 spiro atoms. The number of carbonyl (C=O) groups is 2. The van der Waals surface area contributed by atoms with Gasteiger partial charge >= 0.3 is 5.97 Å². The molecule has 0 atom stereocenters. The minimum atomic E-state index is -0.418. The Morgan fingerprint density at radius 1 is 0.892 bits per heavy atom. The molecule has 1 amide bonds. The van der Waals surface area contributed by atoms with Crippen LogP contribution in [0.25, 0.3) is 27.9 Å². The number of carbonyl (C=O) groups excluding carboxylic acids is 2. The number of fused-ring (bicyclic) bond motifs is 2. The summed E-state index contributed by atoms with van der Waals surface area (Å²) in [4.78, 5) is 35.1. The lowest BCUT2D eigenvalue weighted by atomic mass is 10.2. The fourth-order valence-electron chi connectivity index (χ4n) is 4.10. The average Bonchev–Trinajstić information content (AvgIpc) is 3.19. The Morgan fingerprint density at radius 2 is 1.57 bits per heavy atom. The third-order valence-corrected chi connectivity index (χ3v) is 5.78. The van der Waals surface area contributed by atoms with Crippen LogP contribution in [0.5, 0.6) is 5.75 Å². The van der Waals surface area contributed by atoms with Crippen molar-refractivity contribution in [2.24, 2.45) is 0 Å². The second kappa shape index (κ2) is 9.98. The van der Waals surface area contributed by atoms with Gasteiger partial charge in [0, 0.05) is 11.4 Å². The number of nitrogens with one attached hydrogen (secondary N) is 1. The van der Waals surface area contributed by atoms with Crippen LogP contribution in [-0.4, -0.2) is 39.6 Å². The maximum atomic E-state index is 13.5. The van der Waals surface area contributed by atoms with E-state index in [1.807, 2.05) is 31.2 Å². The first-order valence-corrected chi connectivity index (χ1v) is 11.9. The van der Waals surface area contributed by atoms with Gasteiger partial charge in [0.1, 0.15) is 22.6 Å². The number of nitrogen functional groups attached to an aromatic ring is 1. The summed E-state index contributed by atoms with van der Waals surface area (Å²) in [7, 11) is 0. The van der Waals surface area contributed by atoms with E-state index in [0.29, 0.717) is 51.5 Å². The Hall–Kier alpha value is -4.92. The smallest absolute Gasteiger partial charge is 0.338 e. The van der Waals surface area contributed by atoms with Crippen LogP contribution in [-0.2, 0) is 4.74 Å². The Morgan fingerprint density at radius 3 is 2.22 bits per heavy atom. The molecule has 37 heavy (non-hydrogen) atoms. The molecule has 0 radical (unpaired) electrons. The van der Waals surface area contributed by atoms with E-state index in [4.69, 9.17) is 25.2 Å². The Balaban J connectivity index is 1.61. The van der Waals surface area contributed by atoms with Gasteiger partial charge in [-0.3, -0.25) is 9.36 Å². The van der Waals surface area contributed by atoms with E-state index < -0.39 is 11.9 Å². The summed E-state index contributed by atoms with van der Waals surface area (Å²) in [5, 5.41) is 2.89. The van der Waals surface area contributed by atoms with E-state index in [1.165, 1.54) is 0 Å². The zero-order valence-corrected chi connectivity index (χ0v) is 20.4. The molecule has 9 nitrogen and oxygen atoms in total. The molecule has 0 bridgehead atoms. The second-order valence-electron chi connectivity index (χ2n) is 8.16. The van der Waals surface area contributed by atoms with Gasteiger partial charge in [0.2, 0.25) is 0 Å². The van der Waals surface area contributed by atoms with Gasteiger partial charge in [-0.15, -0.1) is 0 Å². The highest BCUT2D eigenvalue weighted by Gasteiger charge is 2.25. The molecule has 3 N–H and O–H groups in total. The molecule has 2 aromatic heterocycles. The molecule has 9 heteroatoms. The Bertz CT molecular complexity index is 1610. The van der Waals surface area contributed by atoms with Gasteiger partial charge in [-0.25, -0.2) is 14.8 Å². The standard InChI is InChI=1S/C28H25N5O4/c1-3-36-20-15-11-18(12-16-20)30-27(34)23-24-26(32-22-8-6-5-7-21(22)31-24)33(25(23)29)19-13-9-17(10-14-19)28(35)37-4-2/h5-16H,3-4,29H2,1-2H3,(H,30,34). The number of nitrogens with two attached hydrogens (primary N) is 1. The minimum absolute atomic E-state index is 0.178. The van der Waals surface area contributed by atoms with Crippen LogP contribution < -0.4 is 15.8 Å². The van der Waals surface area contributed by atoms with Crippen LogP contribution in [0.15, 0.2) is 72.8 Å². The first kappa shape index (κ1) is 23.8. The van der Waals surface area contributed by atoms with Crippen LogP contribution in [0.4, 0.5) is 11.5 Å². The number of benzene rings is 3. The van der Waals surface area contributed by atoms with Crippen molar-refractivity contribution < 1.29 is 19.1 Å². The van der Waals surface area contributed by atoms with Crippen molar-refractivity contribution >= 4 is 45.6 Å². The number of rotatable bonds is 7. The van der Waals surface area contributed by atoms with E-state index in [0.717, 1.165) is 0 Å². The van der Waals surface area contributed by atoms with Crippen molar-refractivity contribution in [3.63, 3.8) is 0 Å². The van der Waals surface area contributed by atoms with Crippen LogP contribution >= 0.6 is 0 Å². The number of nitrogens with zero attached hydrogens (tertiary/aromatic N) is 3. The maximum absolute atomic E-state index is 13.5. The molecular weight excluding hydrogens is 470 g/mol. The van der Waals surface area contributed by atoms with Crippen LogP contribution in [0.2, 0.25) is 0 Å². The largest absolute Gasteiger partial charge is 0.494 e. The lowest BCUT2D eigenvalue weighted by Crippen LogP contribution is -2.14. The fraction of sp³-hybridized carbons (Fsp3) is 0.143. The number of ether oxygens (including phenoxy) is 2. The van der Waals surface area contributed by atoms with Crippen molar-refractivity contribution in [1.82, 2.24) is 14.5 Å². The highest BCUT2D eigenvalue weighted by atomic mass is 16.5. The molecule has 186 valence electrons. The molecule has 5 rings (SSSR count). The lowest BCUT2D eigenvalue weighted by Gasteiger charge is -2.10. The van der Waals surface area contributed by atoms with Gasteiger partial charge < -0.3 is 20.5 Å². The zero-order valence-electron chi connectivity index (χ0n) is 20.4. The van der Waals surface area contributed by atoms with Crippen molar-refractivity contribution in [1.29, 1.82) is 0 Å². The molecule has 0 aliphatic rings. The molecule has 2 heterocycles. The Labute approximate surface area is 212 Å². The van der Waals surface area contributed by atoms with E-state index in [2.05, 4.69) is 5.32 Å². The van der Waals surface area contributed by atoms with Gasteiger partial charge in [0.25, 0.3) is 5.91 Å². The number of anilines is 2. The quantitative estimate of drug-likeness (QED) is 0.305. The highest BCUT2D eigenvalue weighted by molar-refractivity contribution is 6.16. The number of hydrogen-bond acceptors (Lipinski definition) is 7. The summed E-state index contributed by atoms with van der Waals surface area (Å²) in [5.41, 5.74) is 10.5. The SMILES string of the molecule is CCOC(=O)c1ccc(-n2c(N)c(C(=O)Nc3ccc(OCC)cc3)c3nc4ccccc4nc32)cc1. The van der Waals surface area contributed by atoms with Crippen LogP contribution in [0.3, 0.4) is 0 Å². The molecule has 0 unspecified atom stereocenters. The van der Waals surface area contributed by atoms with E-state index >= 15 is 0 Å². The van der Waals surface area contributed by atoms with Gasteiger partial charge in [0.05, 0.1) is 29.8 Å². The number of amides is 1. The van der Waals surface area contributed by atoms with Crippen molar-refractivity contribution in [2.45, 2.75) is 13.8 Å². The molecule has 0 aliphatic heterocycles. The van der Waals surface area contributed by atoms with E-state index in [9.17, 15) is 9.59 Å². The zero-order chi connectivity index (χ0) is 25.9. The molecule has 0 saturated heterocycles. The first-order chi connectivity index (χ1) is 18.0. The Kier molecular flexibility index (Phi) is 6.42. The summed E-state index contributed by atoms with van der Waals surface area (Å²) in [6.07, 6.45) is 0. The first-order valence-electron chi connectivity index (χ1n) is 11.9. The summed E-state index contributed by atoms with van der Waals surface area (Å²) >= 11 is 0. The molecule has 0 fully saturated rings. The normalized spacial score (nSPS) is 11.0. The fourth-order valence-corrected chi connectivity index (χ4v) is 4.10. The summed E-state index contributed by atoms with van der Waals surface area (Å²) in [5.74, 6) is 0.0524. The monoisotopic (exact) mass is 495 g/mol. The molecular formula is C28H25N5O4. The maximum Gasteiger partial charge on any atom is 0.338 e. The molecule has 0 saturated carbocycles. The van der Waals surface area contributed by atoms with Crippen molar-refractivity contribution in [3.8, 4) is 11.4 Å². The predicted octanol–water partition coefficient (Wildman–Crippen LogP) is 4.98. The number of aromatic nitrogens is 3. The third kappa shape index (κ3) is 4.54. The highest BCUT2D eigenvalue weighted by Crippen LogP contribution is 2.32. The minimum Gasteiger partial charge on any atom is -0.494 e. The topological polar surface area (TPSA) is 121 Å². The number of para-hydroxylation sites is 2. The lowest BCUT2D eigenvalue weighted by molar-refractivity contribution is 0.0526. The number of hydrogen-bond donors (Lipinski definition) is 2. The van der Waals surface area contributed by atoms with E-state index in [1.54, 1.807) is 60.0 Å². The summed E-state index contributed by atoms with van der Waals surface area (Å²) < 4.78 is 12.2. The van der Waals surface area contributed by atoms with Gasteiger partial charge in [-0.2, -0.15) is 0 Å². The number of esters is 1. The summed E-state index contributed by atoms with van der Waals surface area (Å²) in [6, 6.07) is 21.2. The van der Waals surface area contributed by atoms with E-state index in [-0.39, 0.29) is 18.0 Å². The van der Waals surface area contributed by atoms with Crippen LogP contribution in [0.1, 0.15) is 34.6 Å². The van der Waals surface area contributed by atoms with Gasteiger partial charge in [0.15, 0.2) is 5.65 Å². The molecule has 3 aromatic carbocycles. The van der Waals surface area contributed by atoms with Gasteiger partial charge in [-0.1, -0.05) is 12.1 Å². The van der Waals surface area contributed by atoms with Gasteiger partial charge in [-0.05, 0) is 74.5 Å². The predicted molar refractivity (Wildman–Crippen MR) is 142 cm³/mol. The second-order valence-corrected chi connectivity index (χ2v) is 8.16. The molecule has 0 aliphatic carbocycles. The molecule has 5 aromatic rings. The third-order valence-electron chi connectivity index (χ3n) is 5.78. The van der Waals surface area contributed by atoms with Crippen molar-refractivity contribution in [2.75, 3.05) is 24.3 Å². The van der Waals surface area contributed by atoms with Crippen LogP contribution in [0, 0.1) is 0 Å².